The monoisotopic (exact) mass is 342 g/mol. The van der Waals surface area contributed by atoms with Crippen LogP contribution in [0.5, 0.6) is 0 Å². The summed E-state index contributed by atoms with van der Waals surface area (Å²) in [4.78, 5) is 11.7. The number of nitrogens with zero attached hydrogens (tertiary/aromatic N) is 2. The number of benzene rings is 1. The third-order valence-electron chi connectivity index (χ3n) is 3.24. The van der Waals surface area contributed by atoms with Crippen molar-refractivity contribution in [3.05, 3.63) is 42.2 Å². The quantitative estimate of drug-likeness (QED) is 0.782. The van der Waals surface area contributed by atoms with Crippen LogP contribution in [0.25, 0.3) is 5.69 Å². The first-order valence-corrected chi connectivity index (χ1v) is 7.21. The molecule has 1 atom stereocenters. The normalized spacial score (nSPS) is 12.7. The van der Waals surface area contributed by atoms with Crippen LogP contribution in [0.15, 0.2) is 36.5 Å². The van der Waals surface area contributed by atoms with E-state index in [0.29, 0.717) is 12.1 Å². The summed E-state index contributed by atoms with van der Waals surface area (Å²) < 4.78 is 39.4. The molecule has 6 nitrogen and oxygen atoms in total. The van der Waals surface area contributed by atoms with E-state index in [9.17, 15) is 18.0 Å². The number of carbonyl (C=O) groups excluding carboxylic acids is 1. The highest BCUT2D eigenvalue weighted by Crippen LogP contribution is 2.30. The first-order chi connectivity index (χ1) is 11.3. The van der Waals surface area contributed by atoms with E-state index in [0.717, 1.165) is 16.9 Å². The molecule has 24 heavy (non-hydrogen) atoms. The Bertz CT molecular complexity index is 683. The number of amides is 2. The van der Waals surface area contributed by atoms with Crippen LogP contribution in [0.2, 0.25) is 0 Å². The molecule has 0 bridgehead atoms. The fraction of sp³-hybridized carbons (Fsp3) is 0.333. The average molecular weight is 342 g/mol. The van der Waals surface area contributed by atoms with Crippen LogP contribution in [0.1, 0.15) is 19.0 Å². The second-order valence-electron chi connectivity index (χ2n) is 5.18. The van der Waals surface area contributed by atoms with E-state index in [1.54, 1.807) is 6.92 Å². The lowest BCUT2D eigenvalue weighted by Crippen LogP contribution is -2.36. The number of anilines is 1. The molecule has 3 N–H and O–H groups in total. The summed E-state index contributed by atoms with van der Waals surface area (Å²) in [5, 5.41) is 17.6. The van der Waals surface area contributed by atoms with Gasteiger partial charge in [-0.2, -0.15) is 18.3 Å². The topological polar surface area (TPSA) is 79.2 Å². The minimum atomic E-state index is -4.50. The maximum Gasteiger partial charge on any atom is 0.433 e. The zero-order valence-electron chi connectivity index (χ0n) is 12.8. The molecule has 2 aromatic rings. The fourth-order valence-electron chi connectivity index (χ4n) is 2.07. The van der Waals surface area contributed by atoms with Crippen molar-refractivity contribution in [3.8, 4) is 5.69 Å². The predicted octanol–water partition coefficient (Wildman–Crippen LogP) is 2.78. The largest absolute Gasteiger partial charge is 0.433 e. The maximum absolute atomic E-state index is 12.9. The molecule has 0 fully saturated rings. The number of nitrogens with one attached hydrogen (secondary N) is 2. The Labute approximate surface area is 136 Å². The average Bonchev–Trinajstić information content (AvgIpc) is 2.97. The molecule has 0 aliphatic heterocycles. The van der Waals surface area contributed by atoms with Crippen LogP contribution in [0.3, 0.4) is 0 Å². The summed E-state index contributed by atoms with van der Waals surface area (Å²) in [6.07, 6.45) is -3.01. The molecule has 2 rings (SSSR count). The Morgan fingerprint density at radius 2 is 1.96 bits per heavy atom. The SMILES string of the molecule is CC(CCO)NC(=O)Nc1ccc(-n2nccc2C(F)(F)F)cc1. The van der Waals surface area contributed by atoms with Crippen LogP contribution >= 0.6 is 0 Å². The van der Waals surface area contributed by atoms with Gasteiger partial charge in [0.25, 0.3) is 0 Å². The second kappa shape index (κ2) is 7.35. The molecule has 0 aliphatic carbocycles. The molecule has 0 saturated heterocycles. The van der Waals surface area contributed by atoms with Crippen LogP contribution in [-0.4, -0.2) is 33.6 Å². The van der Waals surface area contributed by atoms with Gasteiger partial charge >= 0.3 is 12.2 Å². The Hall–Kier alpha value is -2.55. The van der Waals surface area contributed by atoms with Crippen molar-refractivity contribution in [1.29, 1.82) is 0 Å². The Kier molecular flexibility index (Phi) is 5.45. The molecule has 0 aliphatic rings. The molecular formula is C15H17F3N4O2. The molecule has 1 heterocycles. The molecule has 9 heteroatoms. The number of aliphatic hydroxyl groups is 1. The molecule has 1 aromatic heterocycles. The van der Waals surface area contributed by atoms with E-state index in [2.05, 4.69) is 15.7 Å². The minimum absolute atomic E-state index is 0.0401. The summed E-state index contributed by atoms with van der Waals surface area (Å²) >= 11 is 0. The standard InChI is InChI=1S/C15H17F3N4O2/c1-10(7-9-23)20-14(24)21-11-2-4-12(5-3-11)22-13(6-8-19-22)15(16,17)18/h2-6,8,10,23H,7,9H2,1H3,(H2,20,21,24). The number of hydrogen-bond acceptors (Lipinski definition) is 3. The maximum atomic E-state index is 12.9. The zero-order chi connectivity index (χ0) is 17.7. The van der Waals surface area contributed by atoms with E-state index >= 15 is 0 Å². The highest BCUT2D eigenvalue weighted by atomic mass is 19.4. The van der Waals surface area contributed by atoms with E-state index in [1.807, 2.05) is 0 Å². The van der Waals surface area contributed by atoms with E-state index in [1.165, 1.54) is 24.3 Å². The third kappa shape index (κ3) is 4.48. The van der Waals surface area contributed by atoms with Crippen LogP contribution in [0, 0.1) is 0 Å². The highest BCUT2D eigenvalue weighted by Gasteiger charge is 2.35. The van der Waals surface area contributed by atoms with Gasteiger partial charge in [0.15, 0.2) is 0 Å². The van der Waals surface area contributed by atoms with Gasteiger partial charge in [-0.05, 0) is 43.7 Å². The number of urea groups is 1. The van der Waals surface area contributed by atoms with Crippen LogP contribution < -0.4 is 10.6 Å². The van der Waals surface area contributed by atoms with Crippen LogP contribution in [-0.2, 0) is 6.18 Å². The van der Waals surface area contributed by atoms with E-state index in [4.69, 9.17) is 5.11 Å². The van der Waals surface area contributed by atoms with Gasteiger partial charge < -0.3 is 15.7 Å². The lowest BCUT2D eigenvalue weighted by molar-refractivity contribution is -0.142. The van der Waals surface area contributed by atoms with Gasteiger partial charge in [-0.1, -0.05) is 0 Å². The molecule has 130 valence electrons. The Balaban J connectivity index is 2.06. The smallest absolute Gasteiger partial charge is 0.396 e. The van der Waals surface area contributed by atoms with E-state index in [-0.39, 0.29) is 18.3 Å². The molecular weight excluding hydrogens is 325 g/mol. The van der Waals surface area contributed by atoms with Gasteiger partial charge in [0.05, 0.1) is 11.9 Å². The zero-order valence-corrected chi connectivity index (χ0v) is 12.8. The van der Waals surface area contributed by atoms with Crippen molar-refractivity contribution in [2.75, 3.05) is 11.9 Å². The molecule has 1 unspecified atom stereocenters. The molecule has 0 spiro atoms. The predicted molar refractivity (Wildman–Crippen MR) is 81.9 cm³/mol. The summed E-state index contributed by atoms with van der Waals surface area (Å²) in [7, 11) is 0. The van der Waals surface area contributed by atoms with E-state index < -0.39 is 17.9 Å². The van der Waals surface area contributed by atoms with Gasteiger partial charge in [0.2, 0.25) is 0 Å². The number of aliphatic hydroxyl groups excluding tert-OH is 1. The van der Waals surface area contributed by atoms with Gasteiger partial charge in [0, 0.05) is 18.3 Å². The number of alkyl halides is 3. The number of hydrogen-bond donors (Lipinski definition) is 3. The summed E-state index contributed by atoms with van der Waals surface area (Å²) in [6, 6.07) is 6.04. The Morgan fingerprint density at radius 3 is 2.54 bits per heavy atom. The van der Waals surface area contributed by atoms with Crippen molar-refractivity contribution in [2.45, 2.75) is 25.6 Å². The lowest BCUT2D eigenvalue weighted by Gasteiger charge is -2.14. The van der Waals surface area contributed by atoms with Crippen molar-refractivity contribution >= 4 is 11.7 Å². The van der Waals surface area contributed by atoms with Crippen molar-refractivity contribution in [1.82, 2.24) is 15.1 Å². The Morgan fingerprint density at radius 1 is 1.29 bits per heavy atom. The highest BCUT2D eigenvalue weighted by molar-refractivity contribution is 5.89. The second-order valence-corrected chi connectivity index (χ2v) is 5.18. The number of rotatable bonds is 5. The van der Waals surface area contributed by atoms with Gasteiger partial charge in [-0.25, -0.2) is 9.48 Å². The van der Waals surface area contributed by atoms with Crippen molar-refractivity contribution < 1.29 is 23.1 Å². The molecule has 1 aromatic carbocycles. The number of halogens is 3. The summed E-state index contributed by atoms with van der Waals surface area (Å²) in [5.74, 6) is 0. The van der Waals surface area contributed by atoms with Crippen LogP contribution in [0.4, 0.5) is 23.7 Å². The molecule has 2 amide bonds. The molecule has 0 saturated carbocycles. The van der Waals surface area contributed by atoms with Gasteiger partial charge in [-0.3, -0.25) is 0 Å². The minimum Gasteiger partial charge on any atom is -0.396 e. The fourth-order valence-corrected chi connectivity index (χ4v) is 2.07. The lowest BCUT2D eigenvalue weighted by atomic mass is 10.2. The van der Waals surface area contributed by atoms with Crippen molar-refractivity contribution in [2.24, 2.45) is 0 Å². The van der Waals surface area contributed by atoms with Gasteiger partial charge in [0.1, 0.15) is 5.69 Å². The molecule has 0 radical (unpaired) electrons. The summed E-state index contributed by atoms with van der Waals surface area (Å²) in [6.45, 7) is 1.71. The first-order valence-electron chi connectivity index (χ1n) is 7.21. The number of aromatic nitrogens is 2. The van der Waals surface area contributed by atoms with Crippen molar-refractivity contribution in [3.63, 3.8) is 0 Å². The third-order valence-corrected chi connectivity index (χ3v) is 3.24. The number of carbonyl (C=O) groups is 1. The first kappa shape index (κ1) is 17.8. The summed E-state index contributed by atoms with van der Waals surface area (Å²) in [5.41, 5.74) is -0.223. The van der Waals surface area contributed by atoms with Gasteiger partial charge in [-0.15, -0.1) is 0 Å².